The van der Waals surface area contributed by atoms with Crippen LogP contribution < -0.4 is 9.47 Å². The maximum Gasteiger partial charge on any atom is 0.586 e. The summed E-state index contributed by atoms with van der Waals surface area (Å²) >= 11 is 0. The number of benzene rings is 1. The molecule has 1 aromatic carbocycles. The average Bonchev–Trinajstić information content (AvgIpc) is 2.76. The lowest BCUT2D eigenvalue weighted by Crippen LogP contribution is -2.44. The summed E-state index contributed by atoms with van der Waals surface area (Å²) in [4.78, 5) is 4.73. The number of fused-ring (bicyclic) bond motifs is 1. The number of nitrogens with zero attached hydrogens (tertiary/aromatic N) is 2. The number of rotatable bonds is 4. The van der Waals surface area contributed by atoms with E-state index in [1.807, 2.05) is 6.07 Å². The third kappa shape index (κ3) is 3.44. The molecular formula is C15H20F2N2O2. The van der Waals surface area contributed by atoms with E-state index in [9.17, 15) is 8.78 Å². The third-order valence-electron chi connectivity index (χ3n) is 4.03. The van der Waals surface area contributed by atoms with Crippen molar-refractivity contribution in [1.29, 1.82) is 0 Å². The molecule has 21 heavy (non-hydrogen) atoms. The van der Waals surface area contributed by atoms with Crippen LogP contribution in [-0.4, -0.2) is 55.9 Å². The highest BCUT2D eigenvalue weighted by molar-refractivity contribution is 5.48. The van der Waals surface area contributed by atoms with Gasteiger partial charge in [-0.15, -0.1) is 8.78 Å². The SMILES string of the molecule is CN1CCN(CCCc2cccc3c2OC(F)(F)O3)CC1. The fourth-order valence-corrected chi connectivity index (χ4v) is 2.79. The smallest absolute Gasteiger partial charge is 0.395 e. The normalized spacial score (nSPS) is 21.7. The molecule has 4 nitrogen and oxygen atoms in total. The molecule has 3 rings (SSSR count). The maximum absolute atomic E-state index is 13.1. The van der Waals surface area contributed by atoms with Crippen molar-refractivity contribution < 1.29 is 18.3 Å². The third-order valence-corrected chi connectivity index (χ3v) is 4.03. The first-order valence-electron chi connectivity index (χ1n) is 7.32. The summed E-state index contributed by atoms with van der Waals surface area (Å²) in [6.07, 6.45) is -1.89. The van der Waals surface area contributed by atoms with Crippen LogP contribution in [0.2, 0.25) is 0 Å². The number of hydrogen-bond donors (Lipinski definition) is 0. The first kappa shape index (κ1) is 14.5. The van der Waals surface area contributed by atoms with Crippen LogP contribution in [0.1, 0.15) is 12.0 Å². The van der Waals surface area contributed by atoms with Crippen molar-refractivity contribution in [3.63, 3.8) is 0 Å². The Morgan fingerprint density at radius 3 is 2.67 bits per heavy atom. The molecule has 0 unspecified atom stereocenters. The zero-order valence-corrected chi connectivity index (χ0v) is 12.1. The molecular weight excluding hydrogens is 278 g/mol. The van der Waals surface area contributed by atoms with Crippen molar-refractivity contribution in [3.05, 3.63) is 23.8 Å². The summed E-state index contributed by atoms with van der Waals surface area (Å²) in [5.74, 6) is 0.331. The van der Waals surface area contributed by atoms with Crippen LogP contribution in [0.15, 0.2) is 18.2 Å². The predicted molar refractivity (Wildman–Crippen MR) is 74.9 cm³/mol. The largest absolute Gasteiger partial charge is 0.586 e. The van der Waals surface area contributed by atoms with E-state index in [0.717, 1.165) is 51.1 Å². The molecule has 0 aliphatic carbocycles. The molecule has 0 spiro atoms. The van der Waals surface area contributed by atoms with E-state index in [1.165, 1.54) is 6.07 Å². The topological polar surface area (TPSA) is 24.9 Å². The number of ether oxygens (including phenoxy) is 2. The van der Waals surface area contributed by atoms with Gasteiger partial charge in [0, 0.05) is 26.2 Å². The van der Waals surface area contributed by atoms with Crippen LogP contribution in [0.3, 0.4) is 0 Å². The standard InChI is InChI=1S/C15H20F2N2O2/c1-18-8-10-19(11-9-18)7-3-5-12-4-2-6-13-14(12)21-15(16,17)20-13/h2,4,6H,3,5,7-11H2,1H3. The van der Waals surface area contributed by atoms with Gasteiger partial charge in [0.1, 0.15) is 0 Å². The lowest BCUT2D eigenvalue weighted by atomic mass is 10.1. The second-order valence-corrected chi connectivity index (χ2v) is 5.66. The summed E-state index contributed by atoms with van der Waals surface area (Å²) in [7, 11) is 2.13. The van der Waals surface area contributed by atoms with E-state index in [0.29, 0.717) is 0 Å². The Labute approximate surface area is 123 Å². The molecule has 0 atom stereocenters. The van der Waals surface area contributed by atoms with Gasteiger partial charge in [0.15, 0.2) is 11.5 Å². The second kappa shape index (κ2) is 5.77. The molecule has 116 valence electrons. The zero-order valence-electron chi connectivity index (χ0n) is 12.1. The summed E-state index contributed by atoms with van der Waals surface area (Å²) in [6.45, 7) is 5.30. The van der Waals surface area contributed by atoms with Gasteiger partial charge in [0.05, 0.1) is 0 Å². The number of alkyl halides is 2. The lowest BCUT2D eigenvalue weighted by molar-refractivity contribution is -0.286. The Kier molecular flexibility index (Phi) is 3.99. The van der Waals surface area contributed by atoms with Gasteiger partial charge in [-0.3, -0.25) is 0 Å². The van der Waals surface area contributed by atoms with Crippen molar-refractivity contribution in [2.24, 2.45) is 0 Å². The molecule has 0 amide bonds. The first-order valence-corrected chi connectivity index (χ1v) is 7.32. The van der Waals surface area contributed by atoms with Crippen molar-refractivity contribution >= 4 is 0 Å². The van der Waals surface area contributed by atoms with Crippen molar-refractivity contribution in [2.45, 2.75) is 19.1 Å². The van der Waals surface area contributed by atoms with Crippen molar-refractivity contribution in [2.75, 3.05) is 39.8 Å². The van der Waals surface area contributed by atoms with Crippen LogP contribution in [0.5, 0.6) is 11.5 Å². The molecule has 2 heterocycles. The maximum atomic E-state index is 13.1. The van der Waals surface area contributed by atoms with Gasteiger partial charge in [-0.25, -0.2) is 0 Å². The van der Waals surface area contributed by atoms with Gasteiger partial charge in [-0.05, 0) is 38.1 Å². The number of hydrogen-bond acceptors (Lipinski definition) is 4. The van der Waals surface area contributed by atoms with E-state index in [2.05, 4.69) is 26.3 Å². The molecule has 2 aliphatic heterocycles. The van der Waals surface area contributed by atoms with Crippen molar-refractivity contribution in [1.82, 2.24) is 9.80 Å². The summed E-state index contributed by atoms with van der Waals surface area (Å²) < 4.78 is 35.3. The van der Waals surface area contributed by atoms with Gasteiger partial charge in [0.25, 0.3) is 0 Å². The van der Waals surface area contributed by atoms with Gasteiger partial charge in [0.2, 0.25) is 0 Å². The van der Waals surface area contributed by atoms with Gasteiger partial charge >= 0.3 is 6.29 Å². The quantitative estimate of drug-likeness (QED) is 0.851. The minimum absolute atomic E-state index is 0.136. The lowest BCUT2D eigenvalue weighted by Gasteiger charge is -2.32. The molecule has 0 radical (unpaired) electrons. The Hall–Kier alpha value is -1.40. The second-order valence-electron chi connectivity index (χ2n) is 5.66. The molecule has 0 bridgehead atoms. The Morgan fingerprint density at radius 1 is 1.14 bits per heavy atom. The molecule has 1 saturated heterocycles. The fourth-order valence-electron chi connectivity index (χ4n) is 2.79. The predicted octanol–water partition coefficient (Wildman–Crippen LogP) is 2.19. The minimum atomic E-state index is -3.53. The molecule has 0 saturated carbocycles. The highest BCUT2D eigenvalue weighted by Gasteiger charge is 2.44. The molecule has 2 aliphatic rings. The summed E-state index contributed by atoms with van der Waals surface area (Å²) in [5, 5.41) is 0. The van der Waals surface area contributed by atoms with Crippen LogP contribution >= 0.6 is 0 Å². The molecule has 0 aromatic heterocycles. The average molecular weight is 298 g/mol. The molecule has 6 heteroatoms. The first-order chi connectivity index (χ1) is 10.0. The van der Waals surface area contributed by atoms with E-state index in [1.54, 1.807) is 6.07 Å². The van der Waals surface area contributed by atoms with E-state index in [-0.39, 0.29) is 11.5 Å². The number of halogens is 2. The monoisotopic (exact) mass is 298 g/mol. The molecule has 0 N–H and O–H groups in total. The van der Waals surface area contributed by atoms with E-state index >= 15 is 0 Å². The highest BCUT2D eigenvalue weighted by Crippen LogP contribution is 2.43. The van der Waals surface area contributed by atoms with Gasteiger partial charge in [-0.2, -0.15) is 0 Å². The van der Waals surface area contributed by atoms with Crippen LogP contribution in [-0.2, 0) is 6.42 Å². The molecule has 1 fully saturated rings. The summed E-state index contributed by atoms with van der Waals surface area (Å²) in [6, 6.07) is 5.07. The number of aryl methyl sites for hydroxylation is 1. The molecule has 1 aromatic rings. The Bertz CT molecular complexity index is 502. The summed E-state index contributed by atoms with van der Waals surface area (Å²) in [5.41, 5.74) is 0.791. The van der Waals surface area contributed by atoms with Crippen LogP contribution in [0.4, 0.5) is 8.78 Å². The van der Waals surface area contributed by atoms with Gasteiger partial charge < -0.3 is 19.3 Å². The minimum Gasteiger partial charge on any atom is -0.395 e. The number of piperazine rings is 1. The van der Waals surface area contributed by atoms with E-state index in [4.69, 9.17) is 0 Å². The number of likely N-dealkylation sites (N-methyl/N-ethyl adjacent to an activating group) is 1. The van der Waals surface area contributed by atoms with E-state index < -0.39 is 6.29 Å². The highest BCUT2D eigenvalue weighted by atomic mass is 19.3. The zero-order chi connectivity index (χ0) is 14.9. The Morgan fingerprint density at radius 2 is 1.90 bits per heavy atom. The van der Waals surface area contributed by atoms with Crippen molar-refractivity contribution in [3.8, 4) is 11.5 Å². The van der Waals surface area contributed by atoms with Gasteiger partial charge in [-0.1, -0.05) is 12.1 Å². The number of para-hydroxylation sites is 1. The Balaban J connectivity index is 1.54. The van der Waals surface area contributed by atoms with Crippen LogP contribution in [0, 0.1) is 0 Å². The fraction of sp³-hybridized carbons (Fsp3) is 0.600. The van der Waals surface area contributed by atoms with Crippen LogP contribution in [0.25, 0.3) is 0 Å².